The van der Waals surface area contributed by atoms with Crippen LogP contribution in [0.3, 0.4) is 0 Å². The molecule has 0 aliphatic carbocycles. The number of nitrogens with zero attached hydrogens (tertiary/aromatic N) is 2. The lowest BCUT2D eigenvalue weighted by atomic mass is 10.2. The molecule has 0 aliphatic heterocycles. The summed E-state index contributed by atoms with van der Waals surface area (Å²) < 4.78 is 42.5. The number of aromatic nitrogens is 2. The van der Waals surface area contributed by atoms with Crippen molar-refractivity contribution < 1.29 is 17.9 Å². The molecule has 19 heavy (non-hydrogen) atoms. The largest absolute Gasteiger partial charge is 0.411 e. The number of ether oxygens (including phenoxy) is 1. The maximum atomic E-state index is 12.0. The Hall–Kier alpha value is -0.790. The molecule has 0 bridgehead atoms. The van der Waals surface area contributed by atoms with Crippen molar-refractivity contribution in [1.29, 1.82) is 0 Å². The fourth-order valence-corrected chi connectivity index (χ4v) is 1.97. The number of likely N-dealkylation sites (N-methyl/N-ethyl adjacent to an activating group) is 1. The second-order valence-electron chi connectivity index (χ2n) is 4.07. The number of aryl methyl sites for hydroxylation is 1. The van der Waals surface area contributed by atoms with Gasteiger partial charge in [0, 0.05) is 6.54 Å². The van der Waals surface area contributed by atoms with E-state index in [0.29, 0.717) is 17.3 Å². The third-order valence-corrected chi connectivity index (χ3v) is 2.79. The molecule has 0 radical (unpaired) electrons. The normalized spacial score (nSPS) is 13.8. The Labute approximate surface area is 114 Å². The van der Waals surface area contributed by atoms with Crippen LogP contribution in [0.4, 0.5) is 13.2 Å². The molecule has 1 aromatic rings. The van der Waals surface area contributed by atoms with Crippen LogP contribution in [-0.2, 0) is 11.3 Å². The van der Waals surface area contributed by atoms with E-state index in [4.69, 9.17) is 11.6 Å². The van der Waals surface area contributed by atoms with Gasteiger partial charge in [-0.15, -0.1) is 0 Å². The van der Waals surface area contributed by atoms with Crippen LogP contribution >= 0.6 is 11.6 Å². The molecule has 110 valence electrons. The third-order valence-electron chi connectivity index (χ3n) is 2.50. The highest BCUT2D eigenvalue weighted by molar-refractivity contribution is 6.31. The zero-order chi connectivity index (χ0) is 14.5. The molecule has 4 nitrogen and oxygen atoms in total. The first kappa shape index (κ1) is 16.3. The van der Waals surface area contributed by atoms with Gasteiger partial charge >= 0.3 is 6.18 Å². The van der Waals surface area contributed by atoms with Gasteiger partial charge in [-0.3, -0.25) is 4.68 Å². The van der Waals surface area contributed by atoms with Gasteiger partial charge in [0.25, 0.3) is 0 Å². The summed E-state index contributed by atoms with van der Waals surface area (Å²) in [6.45, 7) is 1.24. The quantitative estimate of drug-likeness (QED) is 0.841. The van der Waals surface area contributed by atoms with Crippen LogP contribution < -0.4 is 5.32 Å². The Kier molecular flexibility index (Phi) is 6.09. The van der Waals surface area contributed by atoms with Gasteiger partial charge in [0.2, 0.25) is 0 Å². The maximum absolute atomic E-state index is 12.0. The van der Waals surface area contributed by atoms with E-state index in [1.807, 2.05) is 6.92 Å². The van der Waals surface area contributed by atoms with Gasteiger partial charge in [-0.25, -0.2) is 0 Å². The number of hydrogen-bond acceptors (Lipinski definition) is 3. The first-order valence-corrected chi connectivity index (χ1v) is 6.29. The molecule has 1 N–H and O–H groups in total. The summed E-state index contributed by atoms with van der Waals surface area (Å²) in [5, 5.41) is 7.41. The first-order chi connectivity index (χ1) is 8.89. The molecular weight excluding hydrogens is 283 g/mol. The minimum absolute atomic E-state index is 0.120. The molecule has 0 fully saturated rings. The van der Waals surface area contributed by atoms with Crippen molar-refractivity contribution in [3.8, 4) is 0 Å². The van der Waals surface area contributed by atoms with Crippen LogP contribution in [0, 0.1) is 0 Å². The van der Waals surface area contributed by atoms with Crippen LogP contribution in [0.25, 0.3) is 0 Å². The van der Waals surface area contributed by atoms with E-state index in [0.717, 1.165) is 6.42 Å². The standard InChI is InChI=1S/C11H17ClF3N3O/c1-3-4-18-10(8(12)5-17-18)9(16-2)6-19-7-11(13,14)15/h5,9,16H,3-4,6-7H2,1-2H3. The van der Waals surface area contributed by atoms with Crippen LogP contribution in [0.1, 0.15) is 25.1 Å². The predicted molar refractivity (Wildman–Crippen MR) is 66.2 cm³/mol. The molecule has 0 aliphatic rings. The average Bonchev–Trinajstić information content (AvgIpc) is 2.66. The second-order valence-corrected chi connectivity index (χ2v) is 4.48. The number of rotatable bonds is 7. The fourth-order valence-electron chi connectivity index (χ4n) is 1.70. The molecule has 0 saturated carbocycles. The summed E-state index contributed by atoms with van der Waals surface area (Å²) in [6.07, 6.45) is -1.99. The summed E-state index contributed by atoms with van der Waals surface area (Å²) in [5.74, 6) is 0. The Balaban J connectivity index is 2.71. The SMILES string of the molecule is CCCn1ncc(Cl)c1C(COCC(F)(F)F)NC. The molecule has 0 amide bonds. The zero-order valence-electron chi connectivity index (χ0n) is 10.8. The lowest BCUT2D eigenvalue weighted by Crippen LogP contribution is -2.28. The van der Waals surface area contributed by atoms with E-state index in [1.54, 1.807) is 11.7 Å². The van der Waals surface area contributed by atoms with E-state index in [9.17, 15) is 13.2 Å². The number of hydrogen-bond donors (Lipinski definition) is 1. The number of halogens is 4. The summed E-state index contributed by atoms with van der Waals surface area (Å²) in [6, 6.07) is -0.427. The highest BCUT2D eigenvalue weighted by atomic mass is 35.5. The predicted octanol–water partition coefficient (Wildman–Crippen LogP) is 2.79. The van der Waals surface area contributed by atoms with Gasteiger partial charge in [-0.05, 0) is 13.5 Å². The fraction of sp³-hybridized carbons (Fsp3) is 0.727. The van der Waals surface area contributed by atoms with Crippen LogP contribution in [0.2, 0.25) is 5.02 Å². The molecular formula is C11H17ClF3N3O. The van der Waals surface area contributed by atoms with Crippen molar-refractivity contribution in [2.24, 2.45) is 0 Å². The van der Waals surface area contributed by atoms with Gasteiger partial charge in [0.1, 0.15) is 6.61 Å². The monoisotopic (exact) mass is 299 g/mol. The van der Waals surface area contributed by atoms with Crippen molar-refractivity contribution in [2.75, 3.05) is 20.3 Å². The van der Waals surface area contributed by atoms with Crippen molar-refractivity contribution in [1.82, 2.24) is 15.1 Å². The molecule has 1 atom stereocenters. The molecule has 1 unspecified atom stereocenters. The van der Waals surface area contributed by atoms with Gasteiger partial charge < -0.3 is 10.1 Å². The highest BCUT2D eigenvalue weighted by Crippen LogP contribution is 2.24. The minimum atomic E-state index is -4.33. The molecule has 1 heterocycles. The lowest BCUT2D eigenvalue weighted by Gasteiger charge is -2.19. The van der Waals surface area contributed by atoms with Crippen molar-refractivity contribution in [2.45, 2.75) is 32.1 Å². The smallest absolute Gasteiger partial charge is 0.370 e. The van der Waals surface area contributed by atoms with Crippen LogP contribution in [0.5, 0.6) is 0 Å². The molecule has 1 rings (SSSR count). The summed E-state index contributed by atoms with van der Waals surface area (Å²) in [5.41, 5.74) is 0.646. The van der Waals surface area contributed by atoms with Gasteiger partial charge in [-0.2, -0.15) is 18.3 Å². The Bertz CT molecular complexity index is 395. The van der Waals surface area contributed by atoms with E-state index < -0.39 is 18.8 Å². The summed E-state index contributed by atoms with van der Waals surface area (Å²) in [4.78, 5) is 0. The summed E-state index contributed by atoms with van der Waals surface area (Å²) in [7, 11) is 1.64. The van der Waals surface area contributed by atoms with Gasteiger partial charge in [-0.1, -0.05) is 18.5 Å². The van der Waals surface area contributed by atoms with Gasteiger partial charge in [0.05, 0.1) is 29.6 Å². The second kappa shape index (κ2) is 7.12. The maximum Gasteiger partial charge on any atom is 0.411 e. The third kappa shape index (κ3) is 5.00. The number of nitrogens with one attached hydrogen (secondary N) is 1. The van der Waals surface area contributed by atoms with E-state index in [-0.39, 0.29) is 6.61 Å². The minimum Gasteiger partial charge on any atom is -0.370 e. The summed E-state index contributed by atoms with van der Waals surface area (Å²) >= 11 is 6.02. The molecule has 0 aromatic carbocycles. The Morgan fingerprint density at radius 2 is 2.21 bits per heavy atom. The van der Waals surface area contributed by atoms with Crippen molar-refractivity contribution >= 4 is 11.6 Å². The van der Waals surface area contributed by atoms with Crippen molar-refractivity contribution in [3.63, 3.8) is 0 Å². The molecule has 8 heteroatoms. The topological polar surface area (TPSA) is 39.1 Å². The van der Waals surface area contributed by atoms with Crippen LogP contribution in [0.15, 0.2) is 6.20 Å². The molecule has 1 aromatic heterocycles. The van der Waals surface area contributed by atoms with Crippen LogP contribution in [-0.4, -0.2) is 36.2 Å². The van der Waals surface area contributed by atoms with E-state index in [1.165, 1.54) is 6.20 Å². The van der Waals surface area contributed by atoms with Gasteiger partial charge in [0.15, 0.2) is 0 Å². The first-order valence-electron chi connectivity index (χ1n) is 5.92. The Morgan fingerprint density at radius 3 is 2.74 bits per heavy atom. The number of alkyl halides is 3. The van der Waals surface area contributed by atoms with Crippen molar-refractivity contribution in [3.05, 3.63) is 16.9 Å². The van der Waals surface area contributed by atoms with E-state index >= 15 is 0 Å². The molecule has 0 spiro atoms. The zero-order valence-corrected chi connectivity index (χ0v) is 11.6. The van der Waals surface area contributed by atoms with E-state index in [2.05, 4.69) is 15.2 Å². The molecule has 0 saturated heterocycles. The highest BCUT2D eigenvalue weighted by Gasteiger charge is 2.28. The Morgan fingerprint density at radius 1 is 1.53 bits per heavy atom. The lowest BCUT2D eigenvalue weighted by molar-refractivity contribution is -0.175. The average molecular weight is 300 g/mol.